The van der Waals surface area contributed by atoms with Crippen molar-refractivity contribution in [3.63, 3.8) is 0 Å². The Balaban J connectivity index is 3.06. The van der Waals surface area contributed by atoms with E-state index in [-0.39, 0.29) is 6.54 Å². The highest BCUT2D eigenvalue weighted by Gasteiger charge is 2.17. The Bertz CT molecular complexity index is 326. The largest absolute Gasteiger partial charge is 0.380 e. The zero-order valence-electron chi connectivity index (χ0n) is 6.67. The summed E-state index contributed by atoms with van der Waals surface area (Å²) in [4.78, 5) is 3.08. The summed E-state index contributed by atoms with van der Waals surface area (Å²) in [6.45, 7) is 6.58. The van der Waals surface area contributed by atoms with Gasteiger partial charge in [0.15, 0.2) is 6.10 Å². The van der Waals surface area contributed by atoms with Gasteiger partial charge in [0.2, 0.25) is 6.54 Å². The summed E-state index contributed by atoms with van der Waals surface area (Å²) in [5, 5.41) is 10.3. The van der Waals surface area contributed by atoms with Crippen molar-refractivity contribution in [2.24, 2.45) is 0 Å². The van der Waals surface area contributed by atoms with Gasteiger partial charge in [-0.15, -0.1) is 0 Å². The molecule has 1 rings (SSSR count). The van der Waals surface area contributed by atoms with Crippen molar-refractivity contribution in [3.05, 3.63) is 45.2 Å². The lowest BCUT2D eigenvalue weighted by Crippen LogP contribution is -2.01. The van der Waals surface area contributed by atoms with Gasteiger partial charge in [0.25, 0.3) is 0 Å². The molecule has 0 aliphatic heterocycles. The van der Waals surface area contributed by atoms with Crippen LogP contribution < -0.4 is 0 Å². The summed E-state index contributed by atoms with van der Waals surface area (Å²) < 4.78 is 0. The number of aliphatic hydroxyl groups is 1. The fourth-order valence-electron chi connectivity index (χ4n) is 1.01. The maximum Gasteiger partial charge on any atom is 0.244 e. The van der Waals surface area contributed by atoms with Crippen LogP contribution in [0.2, 0.25) is 10.0 Å². The molecule has 2 nitrogen and oxygen atoms in total. The number of hydrogen-bond acceptors (Lipinski definition) is 1. The highest BCUT2D eigenvalue weighted by atomic mass is 35.5. The molecule has 1 N–H and O–H groups in total. The minimum Gasteiger partial charge on any atom is -0.380 e. The van der Waals surface area contributed by atoms with E-state index in [2.05, 4.69) is 4.85 Å². The maximum atomic E-state index is 9.50. The Kier molecular flexibility index (Phi) is 3.56. The van der Waals surface area contributed by atoms with Crippen molar-refractivity contribution < 1.29 is 5.11 Å². The Morgan fingerprint density at radius 3 is 2.38 bits per heavy atom. The minimum absolute atomic E-state index is 0.0244. The Labute approximate surface area is 86.5 Å². The van der Waals surface area contributed by atoms with Crippen LogP contribution in [0, 0.1) is 6.57 Å². The molecule has 0 aliphatic rings. The summed E-state index contributed by atoms with van der Waals surface area (Å²) in [5.41, 5.74) is 0.432. The van der Waals surface area contributed by atoms with Crippen LogP contribution >= 0.6 is 23.2 Å². The molecule has 0 bridgehead atoms. The average molecular weight is 216 g/mol. The van der Waals surface area contributed by atoms with E-state index in [9.17, 15) is 5.11 Å². The smallest absolute Gasteiger partial charge is 0.244 e. The monoisotopic (exact) mass is 215 g/mol. The van der Waals surface area contributed by atoms with E-state index in [1.807, 2.05) is 0 Å². The van der Waals surface area contributed by atoms with Crippen molar-refractivity contribution in [2.75, 3.05) is 6.54 Å². The van der Waals surface area contributed by atoms with Crippen molar-refractivity contribution in [1.29, 1.82) is 0 Å². The third kappa shape index (κ3) is 2.35. The minimum atomic E-state index is -0.904. The van der Waals surface area contributed by atoms with Gasteiger partial charge < -0.3 is 9.95 Å². The maximum absolute atomic E-state index is 9.50. The van der Waals surface area contributed by atoms with E-state index in [0.29, 0.717) is 15.6 Å². The van der Waals surface area contributed by atoms with Crippen molar-refractivity contribution in [3.8, 4) is 0 Å². The van der Waals surface area contributed by atoms with Crippen molar-refractivity contribution in [1.82, 2.24) is 0 Å². The fraction of sp³-hybridized carbons (Fsp3) is 0.222. The first-order valence-corrected chi connectivity index (χ1v) is 4.37. The third-order valence-corrected chi connectivity index (χ3v) is 2.26. The molecule has 0 aromatic heterocycles. The highest BCUT2D eigenvalue weighted by molar-refractivity contribution is 6.36. The predicted molar refractivity (Wildman–Crippen MR) is 52.9 cm³/mol. The first kappa shape index (κ1) is 10.3. The SMILES string of the molecule is [C-]#[N+]CC(O)c1c(Cl)cccc1Cl. The van der Waals surface area contributed by atoms with Crippen molar-refractivity contribution >= 4 is 23.2 Å². The van der Waals surface area contributed by atoms with Crippen LogP contribution in [-0.4, -0.2) is 11.7 Å². The van der Waals surface area contributed by atoms with Crippen LogP contribution in [0.3, 0.4) is 0 Å². The van der Waals surface area contributed by atoms with E-state index in [0.717, 1.165) is 0 Å². The second-order valence-corrected chi connectivity index (χ2v) is 3.31. The average Bonchev–Trinajstić information content (AvgIpc) is 2.04. The molecule has 4 heteroatoms. The molecule has 0 saturated carbocycles. The summed E-state index contributed by atoms with van der Waals surface area (Å²) in [5.74, 6) is 0. The molecule has 1 aromatic rings. The van der Waals surface area contributed by atoms with Gasteiger partial charge in [0.05, 0.1) is 0 Å². The van der Waals surface area contributed by atoms with Crippen LogP contribution in [0.15, 0.2) is 18.2 Å². The topological polar surface area (TPSA) is 24.6 Å². The standard InChI is InChI=1S/C9H7Cl2NO/c1-12-5-8(13)9-6(10)3-2-4-7(9)11/h2-4,8,13H,5H2. The Morgan fingerprint density at radius 2 is 1.92 bits per heavy atom. The lowest BCUT2D eigenvalue weighted by atomic mass is 10.1. The van der Waals surface area contributed by atoms with Gasteiger partial charge in [0.1, 0.15) is 0 Å². The lowest BCUT2D eigenvalue weighted by Gasteiger charge is -2.08. The van der Waals surface area contributed by atoms with Gasteiger partial charge in [-0.25, -0.2) is 6.57 Å². The van der Waals surface area contributed by atoms with Gasteiger partial charge >= 0.3 is 0 Å². The summed E-state index contributed by atoms with van der Waals surface area (Å²) in [6, 6.07) is 4.96. The Morgan fingerprint density at radius 1 is 1.38 bits per heavy atom. The fourth-order valence-corrected chi connectivity index (χ4v) is 1.66. The number of rotatable bonds is 2. The van der Waals surface area contributed by atoms with Gasteiger partial charge in [-0.1, -0.05) is 29.3 Å². The molecule has 13 heavy (non-hydrogen) atoms. The molecule has 0 heterocycles. The van der Waals surface area contributed by atoms with E-state index in [4.69, 9.17) is 29.8 Å². The summed E-state index contributed by atoms with van der Waals surface area (Å²) in [7, 11) is 0. The van der Waals surface area contributed by atoms with Crippen molar-refractivity contribution in [2.45, 2.75) is 6.10 Å². The first-order chi connectivity index (χ1) is 6.16. The molecular weight excluding hydrogens is 209 g/mol. The van der Waals surface area contributed by atoms with Crippen LogP contribution in [-0.2, 0) is 0 Å². The van der Waals surface area contributed by atoms with E-state index < -0.39 is 6.10 Å². The van der Waals surface area contributed by atoms with Gasteiger partial charge in [-0.3, -0.25) is 0 Å². The molecule has 0 fully saturated rings. The predicted octanol–water partition coefficient (Wildman–Crippen LogP) is 2.95. The molecule has 0 aliphatic carbocycles. The molecule has 0 radical (unpaired) electrons. The van der Waals surface area contributed by atoms with Crippen LogP contribution in [0.1, 0.15) is 11.7 Å². The molecule has 1 atom stereocenters. The van der Waals surface area contributed by atoms with Gasteiger partial charge in [-0.05, 0) is 12.1 Å². The van der Waals surface area contributed by atoms with Crippen LogP contribution in [0.25, 0.3) is 4.85 Å². The van der Waals surface area contributed by atoms with Crippen LogP contribution in [0.4, 0.5) is 0 Å². The molecule has 68 valence electrons. The quantitative estimate of drug-likeness (QED) is 0.755. The van der Waals surface area contributed by atoms with Gasteiger partial charge in [0, 0.05) is 15.6 Å². The zero-order valence-corrected chi connectivity index (χ0v) is 8.18. The summed E-state index contributed by atoms with van der Waals surface area (Å²) in [6.07, 6.45) is -0.904. The first-order valence-electron chi connectivity index (χ1n) is 3.62. The molecule has 1 unspecified atom stereocenters. The molecule has 0 saturated heterocycles. The number of nitrogens with zero attached hydrogens (tertiary/aromatic N) is 1. The lowest BCUT2D eigenvalue weighted by molar-refractivity contribution is 0.195. The molecule has 1 aromatic carbocycles. The van der Waals surface area contributed by atoms with E-state index >= 15 is 0 Å². The number of hydrogen-bond donors (Lipinski definition) is 1. The summed E-state index contributed by atoms with van der Waals surface area (Å²) >= 11 is 11.6. The normalized spacial score (nSPS) is 12.2. The molecule has 0 amide bonds. The van der Waals surface area contributed by atoms with Crippen LogP contribution in [0.5, 0.6) is 0 Å². The molecular formula is C9H7Cl2NO. The third-order valence-electron chi connectivity index (χ3n) is 1.60. The zero-order chi connectivity index (χ0) is 9.84. The number of benzene rings is 1. The Hall–Kier alpha value is -0.750. The number of aliphatic hydroxyl groups excluding tert-OH is 1. The number of halogens is 2. The second kappa shape index (κ2) is 4.48. The van der Waals surface area contributed by atoms with E-state index in [1.54, 1.807) is 18.2 Å². The second-order valence-electron chi connectivity index (χ2n) is 2.49. The van der Waals surface area contributed by atoms with Gasteiger partial charge in [-0.2, -0.15) is 0 Å². The van der Waals surface area contributed by atoms with E-state index in [1.165, 1.54) is 0 Å². The highest BCUT2D eigenvalue weighted by Crippen LogP contribution is 2.30. The molecule has 0 spiro atoms.